The van der Waals surface area contributed by atoms with Crippen molar-refractivity contribution in [2.75, 3.05) is 0 Å². The second-order valence-electron chi connectivity index (χ2n) is 0.756. The van der Waals surface area contributed by atoms with Crippen molar-refractivity contribution in [3.8, 4) is 0 Å². The van der Waals surface area contributed by atoms with E-state index in [1.54, 1.807) is 0 Å². The van der Waals surface area contributed by atoms with Crippen LogP contribution in [0.2, 0.25) is 0 Å². The number of rotatable bonds is 0. The minimum atomic E-state index is -4.94. The summed E-state index contributed by atoms with van der Waals surface area (Å²) < 4.78 is 67.9. The largest absolute Gasteiger partial charge is 2.00 e. The van der Waals surface area contributed by atoms with E-state index in [9.17, 15) is 0 Å². The molecule has 0 amide bonds. The van der Waals surface area contributed by atoms with Crippen molar-refractivity contribution >= 4 is 0 Å². The smallest absolute Gasteiger partial charge is 2.00 e. The minimum absolute atomic E-state index is 0. The van der Waals surface area contributed by atoms with Crippen molar-refractivity contribution in [2.24, 2.45) is 0 Å². The minimum Gasteiger partial charge on any atom is -2.00 e. The Morgan fingerprint density at radius 3 is 0.400 bits per heavy atom. The van der Waals surface area contributed by atoms with Gasteiger partial charge in [0, 0.05) is 0 Å². The quantitative estimate of drug-likeness (QED) is 0.212. The Balaban J connectivity index is -0.0000000128. The molecule has 0 aliphatic rings. The molecule has 0 fully saturated rings. The van der Waals surface area contributed by atoms with Gasteiger partial charge in [-0.15, -0.1) is 20.5 Å². The molecule has 0 aromatic rings. The van der Waals surface area contributed by atoms with Crippen molar-refractivity contribution in [1.29, 1.82) is 0 Å². The molecule has 0 atom stereocenters. The van der Waals surface area contributed by atoms with Crippen LogP contribution >= 0.6 is 0 Å². The van der Waals surface area contributed by atoms with E-state index in [1.165, 1.54) is 0 Å². The third-order valence-electron chi connectivity index (χ3n) is 0. The van der Waals surface area contributed by atoms with E-state index < -0.39 is 20.5 Å². The monoisotopic (exact) mass is 836 g/mol. The Morgan fingerprint density at radius 2 is 0.400 bits per heavy atom. The van der Waals surface area contributed by atoms with E-state index in [0.717, 1.165) is 0 Å². The molecule has 0 aliphatic heterocycles. The van der Waals surface area contributed by atoms with Crippen molar-refractivity contribution < 1.29 is 152 Å². The summed E-state index contributed by atoms with van der Waals surface area (Å²) in [5.74, 6) is 0. The van der Waals surface area contributed by atoms with Gasteiger partial charge in [0.15, 0.2) is 0 Å². The van der Waals surface area contributed by atoms with Crippen molar-refractivity contribution in [3.05, 3.63) is 0 Å². The maximum Gasteiger partial charge on any atom is 2.00 e. The fourth-order valence-electron chi connectivity index (χ4n) is 0. The standard InChI is InChI=1S/2ClHO4.3Hg.2O/c2*2-1(3,4)5;;;;;/h2*(H,2,3,4,5);;;;;/q;;3*+2;2*-2/p-2. The van der Waals surface area contributed by atoms with Crippen LogP contribution in [0.15, 0.2) is 0 Å². The van der Waals surface area contributed by atoms with Gasteiger partial charge in [-0.2, -0.15) is 0 Å². The van der Waals surface area contributed by atoms with Crippen LogP contribution in [0.1, 0.15) is 0 Å². The van der Waals surface area contributed by atoms with Gasteiger partial charge >= 0.3 is 83.0 Å². The van der Waals surface area contributed by atoms with Crippen LogP contribution < -0.4 is 37.3 Å². The molecule has 0 spiro atoms. The van der Waals surface area contributed by atoms with E-state index >= 15 is 0 Å². The first-order chi connectivity index (χ1) is 4.00. The van der Waals surface area contributed by atoms with Gasteiger partial charge in [-0.3, -0.25) is 0 Å². The summed E-state index contributed by atoms with van der Waals surface area (Å²) >= 11 is 0. The molecular weight excluding hydrogens is 833 g/mol. The molecule has 15 heteroatoms. The van der Waals surface area contributed by atoms with E-state index in [4.69, 9.17) is 37.3 Å². The Bertz CT molecular complexity index is 61.6. The molecule has 0 saturated carbocycles. The molecule has 0 rings (SSSR count). The maximum atomic E-state index is 8.49. The first-order valence-electron chi connectivity index (χ1n) is 1.23. The van der Waals surface area contributed by atoms with Crippen LogP contribution in [-0.4, -0.2) is 0 Å². The molecule has 0 saturated heterocycles. The number of hydrogen-bond donors (Lipinski definition) is 0. The summed E-state index contributed by atoms with van der Waals surface area (Å²) in [7, 11) is -9.89. The summed E-state index contributed by atoms with van der Waals surface area (Å²) in [4.78, 5) is 0. The normalized spacial score (nSPS) is 8.00. The van der Waals surface area contributed by atoms with Gasteiger partial charge in [0.05, 0.1) is 0 Å². The molecule has 10 nitrogen and oxygen atoms in total. The molecule has 15 heavy (non-hydrogen) atoms. The van der Waals surface area contributed by atoms with Gasteiger partial charge < -0.3 is 11.0 Å². The van der Waals surface area contributed by atoms with Crippen LogP contribution in [0.25, 0.3) is 0 Å². The van der Waals surface area contributed by atoms with E-state index in [1.807, 2.05) is 0 Å². The third-order valence-corrected chi connectivity index (χ3v) is 0. The zero-order valence-electron chi connectivity index (χ0n) is 6.96. The summed E-state index contributed by atoms with van der Waals surface area (Å²) in [6, 6.07) is 0. The van der Waals surface area contributed by atoms with Gasteiger partial charge in [-0.1, -0.05) is 0 Å². The van der Waals surface area contributed by atoms with Crippen molar-refractivity contribution in [3.63, 3.8) is 0 Å². The average Bonchev–Trinajstić information content (AvgIpc) is 1.12. The van der Waals surface area contributed by atoms with Crippen LogP contribution in [0.3, 0.4) is 0 Å². The van der Waals surface area contributed by atoms with Crippen LogP contribution in [-0.2, 0) is 94.0 Å². The Morgan fingerprint density at radius 1 is 0.400 bits per heavy atom. The Labute approximate surface area is 150 Å². The number of halogens is 2. The van der Waals surface area contributed by atoms with Gasteiger partial charge in [0.2, 0.25) is 0 Å². The molecule has 0 bridgehead atoms. The summed E-state index contributed by atoms with van der Waals surface area (Å²) in [6.45, 7) is 0. The Hall–Kier alpha value is 2.99. The first-order valence-corrected chi connectivity index (χ1v) is 3.70. The molecular formula is Cl2Hg3O10. The second kappa shape index (κ2) is 19.3. The van der Waals surface area contributed by atoms with E-state index in [0.29, 0.717) is 0 Å². The molecule has 80 valence electrons. The van der Waals surface area contributed by atoms with Gasteiger partial charge in [0.1, 0.15) is 0 Å². The molecule has 0 heterocycles. The van der Waals surface area contributed by atoms with Gasteiger partial charge in [0.25, 0.3) is 0 Å². The van der Waals surface area contributed by atoms with Crippen LogP contribution in [0.5, 0.6) is 0 Å². The topological polar surface area (TPSA) is 241 Å². The van der Waals surface area contributed by atoms with Gasteiger partial charge in [-0.25, -0.2) is 37.3 Å². The molecule has 0 radical (unpaired) electrons. The molecule has 0 aromatic carbocycles. The Kier molecular flexibility index (Phi) is 55.4. The zero-order chi connectivity index (χ0) is 9.00. The summed E-state index contributed by atoms with van der Waals surface area (Å²) in [5, 5.41) is 0. The number of hydrogen-bond acceptors (Lipinski definition) is 8. The molecule has 0 aromatic heterocycles. The average molecular weight is 833 g/mol. The predicted octanol–water partition coefficient (Wildman–Crippen LogP) is -9.76. The maximum absolute atomic E-state index is 8.49. The zero-order valence-corrected chi connectivity index (χ0v) is 25.0. The first kappa shape index (κ1) is 43.0. The molecule has 0 N–H and O–H groups in total. The van der Waals surface area contributed by atoms with E-state index in [2.05, 4.69) is 0 Å². The van der Waals surface area contributed by atoms with Crippen molar-refractivity contribution in [1.82, 2.24) is 0 Å². The van der Waals surface area contributed by atoms with E-state index in [-0.39, 0.29) is 94.0 Å². The summed E-state index contributed by atoms with van der Waals surface area (Å²) in [6.07, 6.45) is 0. The summed E-state index contributed by atoms with van der Waals surface area (Å²) in [5.41, 5.74) is 0. The fourth-order valence-corrected chi connectivity index (χ4v) is 0. The van der Waals surface area contributed by atoms with Crippen molar-refractivity contribution in [2.45, 2.75) is 0 Å². The molecule has 0 aliphatic carbocycles. The van der Waals surface area contributed by atoms with Gasteiger partial charge in [-0.05, 0) is 0 Å². The van der Waals surface area contributed by atoms with Crippen LogP contribution in [0, 0.1) is 20.5 Å². The second-order valence-corrected chi connectivity index (χ2v) is 2.27. The van der Waals surface area contributed by atoms with Crippen LogP contribution in [0.4, 0.5) is 0 Å². The molecule has 0 unspecified atom stereocenters. The fraction of sp³-hybridized carbons (Fsp3) is 0. The predicted molar refractivity (Wildman–Crippen MR) is 1.37 cm³/mol. The third kappa shape index (κ3) is 428. The SMILES string of the molecule is [Hg+2].[Hg+2].[Hg+2].[O-2].[O-2].[O-][Cl+3]([O-])([O-])[O-].[O-][Cl+3]([O-])([O-])[O-].